The second-order valence-electron chi connectivity index (χ2n) is 14.6. The van der Waals surface area contributed by atoms with Gasteiger partial charge >= 0.3 is 0 Å². The molecule has 0 heterocycles. The van der Waals surface area contributed by atoms with Crippen LogP contribution >= 0.6 is 22.6 Å². The first-order chi connectivity index (χ1) is 15.1. The first-order valence-electron chi connectivity index (χ1n) is 13.8. The number of aliphatic hydroxyl groups is 2. The molecule has 190 valence electrons. The van der Waals surface area contributed by atoms with Crippen LogP contribution < -0.4 is 0 Å². The molecule has 8 atom stereocenters. The van der Waals surface area contributed by atoms with Gasteiger partial charge in [0.05, 0.1) is 11.7 Å². The number of fused-ring (bicyclic) bond motifs is 4. The highest BCUT2D eigenvalue weighted by Crippen LogP contribution is 2.72. The normalized spacial score (nSPS) is 44.6. The van der Waals surface area contributed by atoms with Crippen LogP contribution in [0.3, 0.4) is 0 Å². The second-order valence-corrected chi connectivity index (χ2v) is 16.1. The van der Waals surface area contributed by atoms with E-state index in [1.807, 2.05) is 25.0 Å². The number of halogens is 1. The first-order valence-corrected chi connectivity index (χ1v) is 15.1. The van der Waals surface area contributed by atoms with Crippen molar-refractivity contribution < 1.29 is 10.2 Å². The van der Waals surface area contributed by atoms with Gasteiger partial charge in [-0.1, -0.05) is 75.3 Å². The molecule has 1 unspecified atom stereocenters. The summed E-state index contributed by atoms with van der Waals surface area (Å²) in [5, 5.41) is 20.9. The highest BCUT2D eigenvalue weighted by molar-refractivity contribution is 14.1. The van der Waals surface area contributed by atoms with Crippen LogP contribution in [0, 0.1) is 39.4 Å². The fourth-order valence-electron chi connectivity index (χ4n) is 9.86. The molecule has 4 aliphatic carbocycles. The summed E-state index contributed by atoms with van der Waals surface area (Å²) in [6.07, 6.45) is 11.5. The minimum Gasteiger partial charge on any atom is -0.393 e. The van der Waals surface area contributed by atoms with Crippen molar-refractivity contribution in [2.45, 2.75) is 135 Å². The highest BCUT2D eigenvalue weighted by atomic mass is 127. The van der Waals surface area contributed by atoms with Crippen LogP contribution in [0.15, 0.2) is 11.1 Å². The monoisotopic (exact) mass is 570 g/mol. The van der Waals surface area contributed by atoms with Crippen molar-refractivity contribution in [3.8, 4) is 0 Å². The van der Waals surface area contributed by atoms with Crippen LogP contribution in [-0.4, -0.2) is 25.8 Å². The Morgan fingerprint density at radius 1 is 0.970 bits per heavy atom. The van der Waals surface area contributed by atoms with Gasteiger partial charge in [0.2, 0.25) is 0 Å². The Labute approximate surface area is 217 Å². The Hall–Kier alpha value is 0.390. The number of alkyl halides is 1. The maximum atomic E-state index is 10.7. The standard InChI is InChI=1S/C30H51IO2/c1-19(17-20(32)18-26(2,3)33)21-11-15-30(8)23-9-10-24-27(4,5)25(31)13-14-28(24,6)22(23)12-16-29(21,30)7/h19-21,24-25,32-33H,9-18H2,1-8H3/t19-,20?,21-,24+,25+,28-,29-,30+/m1/s1. The lowest BCUT2D eigenvalue weighted by Crippen LogP contribution is -2.54. The van der Waals surface area contributed by atoms with Crippen LogP contribution in [-0.2, 0) is 0 Å². The van der Waals surface area contributed by atoms with E-state index in [0.29, 0.717) is 39.9 Å². The van der Waals surface area contributed by atoms with Gasteiger partial charge < -0.3 is 10.2 Å². The zero-order valence-corrected chi connectivity index (χ0v) is 24.9. The van der Waals surface area contributed by atoms with Gasteiger partial charge in [0, 0.05) is 10.3 Å². The summed E-state index contributed by atoms with van der Waals surface area (Å²) in [4.78, 5) is 0. The van der Waals surface area contributed by atoms with Crippen molar-refractivity contribution in [3.63, 3.8) is 0 Å². The number of aliphatic hydroxyl groups excluding tert-OH is 1. The Kier molecular flexibility index (Phi) is 6.79. The number of hydrogen-bond donors (Lipinski definition) is 2. The molecule has 0 aromatic rings. The van der Waals surface area contributed by atoms with E-state index in [1.165, 1.54) is 51.4 Å². The zero-order valence-electron chi connectivity index (χ0n) is 22.7. The summed E-state index contributed by atoms with van der Waals surface area (Å²) in [5.74, 6) is 1.98. The van der Waals surface area contributed by atoms with Crippen molar-refractivity contribution in [1.82, 2.24) is 0 Å². The van der Waals surface area contributed by atoms with Gasteiger partial charge in [-0.25, -0.2) is 0 Å². The Morgan fingerprint density at radius 3 is 2.27 bits per heavy atom. The number of allylic oxidation sites excluding steroid dienone is 2. The average Bonchev–Trinajstić information content (AvgIpc) is 2.95. The molecule has 3 heteroatoms. The molecule has 0 saturated heterocycles. The van der Waals surface area contributed by atoms with Crippen molar-refractivity contribution in [1.29, 1.82) is 0 Å². The molecule has 33 heavy (non-hydrogen) atoms. The number of rotatable bonds is 5. The van der Waals surface area contributed by atoms with E-state index in [2.05, 4.69) is 64.1 Å². The molecule has 4 aliphatic rings. The van der Waals surface area contributed by atoms with Gasteiger partial charge in [-0.15, -0.1) is 0 Å². The van der Waals surface area contributed by atoms with Gasteiger partial charge in [0.1, 0.15) is 0 Å². The maximum Gasteiger partial charge on any atom is 0.0616 e. The van der Waals surface area contributed by atoms with Crippen molar-refractivity contribution in [3.05, 3.63) is 11.1 Å². The summed E-state index contributed by atoms with van der Waals surface area (Å²) in [6.45, 7) is 19.0. The largest absolute Gasteiger partial charge is 0.393 e. The van der Waals surface area contributed by atoms with Gasteiger partial charge in [0.15, 0.2) is 0 Å². The van der Waals surface area contributed by atoms with Crippen LogP contribution in [0.25, 0.3) is 0 Å². The molecule has 0 amide bonds. The van der Waals surface area contributed by atoms with Gasteiger partial charge in [-0.05, 0) is 111 Å². The molecule has 0 spiro atoms. The molecule has 0 aromatic carbocycles. The molecule has 4 rings (SSSR count). The van der Waals surface area contributed by atoms with Crippen molar-refractivity contribution in [2.75, 3.05) is 0 Å². The van der Waals surface area contributed by atoms with E-state index < -0.39 is 11.7 Å². The molecular formula is C30H51IO2. The fourth-order valence-corrected chi connectivity index (χ4v) is 10.6. The van der Waals surface area contributed by atoms with E-state index in [0.717, 1.165) is 16.3 Å². The predicted molar refractivity (Wildman–Crippen MR) is 148 cm³/mol. The van der Waals surface area contributed by atoms with E-state index >= 15 is 0 Å². The Balaban J connectivity index is 1.61. The third-order valence-corrected chi connectivity index (χ3v) is 14.0. The minimum absolute atomic E-state index is 0.319. The highest BCUT2D eigenvalue weighted by Gasteiger charge is 2.63. The SMILES string of the molecule is C[C@H](CC(O)CC(C)(C)O)[C@H]1CC[C@@]2(C)C3=C(CC[C@]12C)[C@@]1(C)CC[C@H](I)C(C)(C)[C@@H]1CC3. The van der Waals surface area contributed by atoms with Crippen molar-refractivity contribution >= 4 is 22.6 Å². The lowest BCUT2D eigenvalue weighted by atomic mass is 9.43. The van der Waals surface area contributed by atoms with Crippen LogP contribution in [0.1, 0.15) is 120 Å². The van der Waals surface area contributed by atoms with E-state index in [9.17, 15) is 10.2 Å². The van der Waals surface area contributed by atoms with Crippen LogP contribution in [0.2, 0.25) is 0 Å². The molecule has 0 bridgehead atoms. The van der Waals surface area contributed by atoms with E-state index in [-0.39, 0.29) is 0 Å². The first kappa shape index (κ1) is 26.5. The summed E-state index contributed by atoms with van der Waals surface area (Å²) in [6, 6.07) is 0. The van der Waals surface area contributed by atoms with Gasteiger partial charge in [-0.2, -0.15) is 0 Å². The molecule has 2 nitrogen and oxygen atoms in total. The Morgan fingerprint density at radius 2 is 1.64 bits per heavy atom. The number of hydrogen-bond acceptors (Lipinski definition) is 2. The summed E-state index contributed by atoms with van der Waals surface area (Å²) < 4.78 is 0.798. The molecule has 2 N–H and O–H groups in total. The molecular weight excluding hydrogens is 519 g/mol. The van der Waals surface area contributed by atoms with E-state index in [4.69, 9.17) is 0 Å². The van der Waals surface area contributed by atoms with Crippen LogP contribution in [0.5, 0.6) is 0 Å². The summed E-state index contributed by atoms with van der Waals surface area (Å²) in [7, 11) is 0. The lowest BCUT2D eigenvalue weighted by molar-refractivity contribution is -0.0231. The maximum absolute atomic E-state index is 10.7. The smallest absolute Gasteiger partial charge is 0.0616 e. The summed E-state index contributed by atoms with van der Waals surface area (Å²) in [5.41, 5.74) is 4.43. The molecule has 0 aliphatic heterocycles. The Bertz CT molecular complexity index is 794. The molecule has 2 fully saturated rings. The predicted octanol–water partition coefficient (Wildman–Crippen LogP) is 8.09. The fraction of sp³-hybridized carbons (Fsp3) is 0.933. The third-order valence-electron chi connectivity index (χ3n) is 11.8. The second kappa shape index (κ2) is 8.47. The van der Waals surface area contributed by atoms with Crippen LogP contribution in [0.4, 0.5) is 0 Å². The third kappa shape index (κ3) is 4.10. The van der Waals surface area contributed by atoms with Gasteiger partial charge in [-0.3, -0.25) is 0 Å². The minimum atomic E-state index is -0.795. The molecule has 0 aromatic heterocycles. The summed E-state index contributed by atoms with van der Waals surface area (Å²) >= 11 is 2.75. The quantitative estimate of drug-likeness (QED) is 0.199. The van der Waals surface area contributed by atoms with E-state index in [1.54, 1.807) is 0 Å². The lowest BCUT2D eigenvalue weighted by Gasteiger charge is -2.62. The van der Waals surface area contributed by atoms with Gasteiger partial charge in [0.25, 0.3) is 0 Å². The van der Waals surface area contributed by atoms with Crippen molar-refractivity contribution in [2.24, 2.45) is 39.4 Å². The average molecular weight is 571 g/mol. The zero-order chi connectivity index (χ0) is 24.6. The molecule has 0 radical (unpaired) electrons. The molecule has 2 saturated carbocycles. The topological polar surface area (TPSA) is 40.5 Å².